The van der Waals surface area contributed by atoms with Crippen molar-refractivity contribution in [2.45, 2.75) is 19.9 Å². The normalized spacial score (nSPS) is 14.2. The number of rotatable bonds is 6. The number of nitrogens with one attached hydrogen (secondary N) is 1. The molecule has 0 fully saturated rings. The average molecular weight is 268 g/mol. The van der Waals surface area contributed by atoms with Gasteiger partial charge in [0, 0.05) is 18.0 Å². The van der Waals surface area contributed by atoms with Gasteiger partial charge in [-0.05, 0) is 17.6 Å². The van der Waals surface area contributed by atoms with E-state index < -0.39 is 10.0 Å². The molecule has 1 rings (SSSR count). The second kappa shape index (κ2) is 6.68. The van der Waals surface area contributed by atoms with Gasteiger partial charge >= 0.3 is 0 Å². The Morgan fingerprint density at radius 3 is 2.39 bits per heavy atom. The molecule has 4 nitrogen and oxygen atoms in total. The van der Waals surface area contributed by atoms with Gasteiger partial charge in [-0.3, -0.25) is 0 Å². The van der Waals surface area contributed by atoms with Gasteiger partial charge in [0.2, 0.25) is 10.0 Å². The highest BCUT2D eigenvalue weighted by Gasteiger charge is 2.16. The molecular formula is C13H20N2O2S. The maximum atomic E-state index is 11.8. The lowest BCUT2D eigenvalue weighted by Crippen LogP contribution is -2.42. The van der Waals surface area contributed by atoms with Gasteiger partial charge in [-0.1, -0.05) is 44.2 Å². The molecule has 18 heavy (non-hydrogen) atoms. The van der Waals surface area contributed by atoms with E-state index in [4.69, 9.17) is 5.73 Å². The fourth-order valence-corrected chi connectivity index (χ4v) is 2.64. The molecule has 100 valence electrons. The molecule has 5 heteroatoms. The summed E-state index contributed by atoms with van der Waals surface area (Å²) in [7, 11) is -3.45. The molecule has 0 radical (unpaired) electrons. The standard InChI is InChI=1S/C13H20N2O2S/c1-11(2)13(10-14)15-18(16,17)9-8-12-6-4-3-5-7-12/h3-9,11,13,15H,10,14H2,1-2H3. The van der Waals surface area contributed by atoms with E-state index in [1.165, 1.54) is 5.41 Å². The molecule has 0 spiro atoms. The van der Waals surface area contributed by atoms with Crippen LogP contribution in [-0.4, -0.2) is 21.0 Å². The number of hydrogen-bond acceptors (Lipinski definition) is 3. The van der Waals surface area contributed by atoms with E-state index in [2.05, 4.69) is 4.72 Å². The molecule has 1 aromatic carbocycles. The maximum absolute atomic E-state index is 11.8. The molecule has 0 aliphatic heterocycles. The molecule has 1 aromatic rings. The van der Waals surface area contributed by atoms with Crippen molar-refractivity contribution in [3.05, 3.63) is 41.3 Å². The van der Waals surface area contributed by atoms with Crippen LogP contribution in [0.25, 0.3) is 6.08 Å². The van der Waals surface area contributed by atoms with E-state index in [0.717, 1.165) is 5.56 Å². The van der Waals surface area contributed by atoms with Crippen molar-refractivity contribution in [1.29, 1.82) is 0 Å². The van der Waals surface area contributed by atoms with Crippen molar-refractivity contribution in [1.82, 2.24) is 4.72 Å². The predicted molar refractivity (Wildman–Crippen MR) is 75.2 cm³/mol. The van der Waals surface area contributed by atoms with Crippen molar-refractivity contribution in [3.63, 3.8) is 0 Å². The minimum Gasteiger partial charge on any atom is -0.329 e. The van der Waals surface area contributed by atoms with Crippen LogP contribution in [0.5, 0.6) is 0 Å². The summed E-state index contributed by atoms with van der Waals surface area (Å²) in [6.45, 7) is 4.15. The quantitative estimate of drug-likeness (QED) is 0.822. The second-order valence-electron chi connectivity index (χ2n) is 4.46. The molecule has 1 atom stereocenters. The van der Waals surface area contributed by atoms with Crippen molar-refractivity contribution < 1.29 is 8.42 Å². The summed E-state index contributed by atoms with van der Waals surface area (Å²) in [5.74, 6) is 0.162. The van der Waals surface area contributed by atoms with Crippen molar-refractivity contribution in [2.24, 2.45) is 11.7 Å². The summed E-state index contributed by atoms with van der Waals surface area (Å²) in [6, 6.07) is 9.04. The maximum Gasteiger partial charge on any atom is 0.234 e. The summed E-state index contributed by atoms with van der Waals surface area (Å²) in [5, 5.41) is 1.17. The fraction of sp³-hybridized carbons (Fsp3) is 0.385. The Kier molecular flexibility index (Phi) is 5.53. The lowest BCUT2D eigenvalue weighted by atomic mass is 10.1. The number of sulfonamides is 1. The van der Waals surface area contributed by atoms with Gasteiger partial charge in [0.25, 0.3) is 0 Å². The van der Waals surface area contributed by atoms with Gasteiger partial charge < -0.3 is 5.73 Å². The third-order valence-corrected chi connectivity index (χ3v) is 3.74. The molecule has 0 aliphatic rings. The Balaban J connectivity index is 2.73. The first-order valence-corrected chi connectivity index (χ1v) is 7.45. The first-order valence-electron chi connectivity index (χ1n) is 5.90. The third-order valence-electron chi connectivity index (χ3n) is 2.61. The summed E-state index contributed by atoms with van der Waals surface area (Å²) < 4.78 is 26.2. The fourth-order valence-electron chi connectivity index (χ4n) is 1.44. The zero-order chi connectivity index (χ0) is 13.6. The molecule has 0 amide bonds. The molecule has 3 N–H and O–H groups in total. The van der Waals surface area contributed by atoms with Crippen molar-refractivity contribution in [2.75, 3.05) is 6.54 Å². The second-order valence-corrected chi connectivity index (χ2v) is 6.06. The molecule has 0 heterocycles. The van der Waals surface area contributed by atoms with E-state index in [-0.39, 0.29) is 18.5 Å². The lowest BCUT2D eigenvalue weighted by molar-refractivity contribution is 0.457. The summed E-state index contributed by atoms with van der Waals surface area (Å²) in [4.78, 5) is 0. The van der Waals surface area contributed by atoms with E-state index in [1.807, 2.05) is 44.2 Å². The first-order chi connectivity index (χ1) is 8.44. The molecule has 0 bridgehead atoms. The van der Waals surface area contributed by atoms with Crippen molar-refractivity contribution in [3.8, 4) is 0 Å². The van der Waals surface area contributed by atoms with Crippen LogP contribution in [0, 0.1) is 5.92 Å². The Labute approximate surface area is 109 Å². The number of benzene rings is 1. The summed E-state index contributed by atoms with van der Waals surface area (Å²) in [6.07, 6.45) is 1.57. The van der Waals surface area contributed by atoms with Gasteiger partial charge in [0.15, 0.2) is 0 Å². The van der Waals surface area contributed by atoms with E-state index in [0.29, 0.717) is 0 Å². The zero-order valence-electron chi connectivity index (χ0n) is 10.7. The van der Waals surface area contributed by atoms with Crippen LogP contribution < -0.4 is 10.5 Å². The monoisotopic (exact) mass is 268 g/mol. The molecule has 0 saturated carbocycles. The minimum absolute atomic E-state index is 0.162. The van der Waals surface area contributed by atoms with E-state index in [9.17, 15) is 8.42 Å². The number of hydrogen-bond donors (Lipinski definition) is 2. The van der Waals surface area contributed by atoms with Gasteiger partial charge in [0.1, 0.15) is 0 Å². The van der Waals surface area contributed by atoms with Crippen LogP contribution in [0.15, 0.2) is 35.7 Å². The zero-order valence-corrected chi connectivity index (χ0v) is 11.5. The van der Waals surface area contributed by atoms with Gasteiger partial charge in [0.05, 0.1) is 0 Å². The summed E-state index contributed by atoms with van der Waals surface area (Å²) in [5.41, 5.74) is 6.38. The molecule has 1 unspecified atom stereocenters. The number of nitrogens with two attached hydrogens (primary N) is 1. The van der Waals surface area contributed by atoms with Crippen LogP contribution in [0.3, 0.4) is 0 Å². The highest BCUT2D eigenvalue weighted by Crippen LogP contribution is 2.05. The largest absolute Gasteiger partial charge is 0.329 e. The highest BCUT2D eigenvalue weighted by atomic mass is 32.2. The molecule has 0 saturated heterocycles. The van der Waals surface area contributed by atoms with Gasteiger partial charge in [-0.2, -0.15) is 0 Å². The Bertz CT molecular complexity index is 481. The Morgan fingerprint density at radius 2 is 1.89 bits per heavy atom. The molecule has 0 aliphatic carbocycles. The van der Waals surface area contributed by atoms with Crippen LogP contribution in [0.2, 0.25) is 0 Å². The van der Waals surface area contributed by atoms with Crippen LogP contribution in [-0.2, 0) is 10.0 Å². The minimum atomic E-state index is -3.45. The average Bonchev–Trinajstić information content (AvgIpc) is 2.35. The Morgan fingerprint density at radius 1 is 1.28 bits per heavy atom. The van der Waals surface area contributed by atoms with E-state index >= 15 is 0 Å². The first kappa shape index (κ1) is 14.9. The van der Waals surface area contributed by atoms with Crippen LogP contribution in [0.4, 0.5) is 0 Å². The smallest absolute Gasteiger partial charge is 0.234 e. The lowest BCUT2D eigenvalue weighted by Gasteiger charge is -2.18. The van der Waals surface area contributed by atoms with Crippen molar-refractivity contribution >= 4 is 16.1 Å². The topological polar surface area (TPSA) is 72.2 Å². The van der Waals surface area contributed by atoms with Crippen LogP contribution >= 0.6 is 0 Å². The van der Waals surface area contributed by atoms with Gasteiger partial charge in [-0.15, -0.1) is 0 Å². The van der Waals surface area contributed by atoms with Gasteiger partial charge in [-0.25, -0.2) is 13.1 Å². The van der Waals surface area contributed by atoms with Crippen LogP contribution in [0.1, 0.15) is 19.4 Å². The van der Waals surface area contributed by atoms with E-state index in [1.54, 1.807) is 6.08 Å². The predicted octanol–water partition coefficient (Wildman–Crippen LogP) is 1.56. The molecule has 0 aromatic heterocycles. The highest BCUT2D eigenvalue weighted by molar-refractivity contribution is 7.92. The summed E-state index contributed by atoms with van der Waals surface area (Å²) >= 11 is 0. The molecular weight excluding hydrogens is 248 g/mol. The Hall–Kier alpha value is -1.17. The third kappa shape index (κ3) is 5.00. The SMILES string of the molecule is CC(C)C(CN)NS(=O)(=O)C=Cc1ccccc1.